The van der Waals surface area contributed by atoms with Crippen LogP contribution in [0.2, 0.25) is 0 Å². The quantitative estimate of drug-likeness (QED) is 0.905. The molecule has 120 valence electrons. The summed E-state index contributed by atoms with van der Waals surface area (Å²) in [6, 6.07) is 1.12. The van der Waals surface area contributed by atoms with Gasteiger partial charge in [-0.1, -0.05) is 34.1 Å². The number of nitrogens with one attached hydrogen (secondary N) is 1. The number of hydrogen-bond donors (Lipinski definition) is 1. The molecule has 21 heavy (non-hydrogen) atoms. The van der Waals surface area contributed by atoms with Crippen LogP contribution in [0.1, 0.15) is 51.5 Å². The van der Waals surface area contributed by atoms with Gasteiger partial charge in [0.1, 0.15) is 5.76 Å². The van der Waals surface area contributed by atoms with E-state index >= 15 is 0 Å². The van der Waals surface area contributed by atoms with Gasteiger partial charge in [-0.25, -0.2) is 4.98 Å². The first-order valence-electron chi connectivity index (χ1n) is 8.32. The lowest BCUT2D eigenvalue weighted by Gasteiger charge is -2.43. The summed E-state index contributed by atoms with van der Waals surface area (Å²) in [4.78, 5) is 7.12. The van der Waals surface area contributed by atoms with Gasteiger partial charge in [0.05, 0.1) is 12.2 Å². The van der Waals surface area contributed by atoms with E-state index in [9.17, 15) is 0 Å². The molecule has 0 aromatic carbocycles. The van der Waals surface area contributed by atoms with Crippen LogP contribution in [0.15, 0.2) is 4.42 Å². The highest BCUT2D eigenvalue weighted by Crippen LogP contribution is 2.22. The third-order valence-corrected chi connectivity index (χ3v) is 5.00. The summed E-state index contributed by atoms with van der Waals surface area (Å²) in [5.41, 5.74) is 1.01. The number of hydrogen-bond acceptors (Lipinski definition) is 4. The van der Waals surface area contributed by atoms with Crippen LogP contribution in [0, 0.1) is 25.7 Å². The van der Waals surface area contributed by atoms with Gasteiger partial charge in [0.25, 0.3) is 0 Å². The van der Waals surface area contributed by atoms with Crippen molar-refractivity contribution in [1.82, 2.24) is 15.2 Å². The van der Waals surface area contributed by atoms with Gasteiger partial charge in [-0.2, -0.15) is 0 Å². The van der Waals surface area contributed by atoms with Crippen LogP contribution in [0.5, 0.6) is 0 Å². The van der Waals surface area contributed by atoms with Crippen molar-refractivity contribution in [2.24, 2.45) is 11.8 Å². The van der Waals surface area contributed by atoms with Crippen molar-refractivity contribution >= 4 is 0 Å². The van der Waals surface area contributed by atoms with E-state index in [1.807, 2.05) is 13.8 Å². The normalized spacial score (nSPS) is 25.5. The first-order valence-corrected chi connectivity index (χ1v) is 8.32. The largest absolute Gasteiger partial charge is 0.444 e. The minimum Gasteiger partial charge on any atom is -0.444 e. The van der Waals surface area contributed by atoms with Gasteiger partial charge >= 0.3 is 0 Å². The first-order chi connectivity index (χ1) is 9.92. The third kappa shape index (κ3) is 3.86. The molecule has 3 atom stereocenters. The van der Waals surface area contributed by atoms with Crippen molar-refractivity contribution in [3.63, 3.8) is 0 Å². The average Bonchev–Trinajstić information content (AvgIpc) is 2.76. The second kappa shape index (κ2) is 6.93. The van der Waals surface area contributed by atoms with Crippen molar-refractivity contribution in [2.75, 3.05) is 13.1 Å². The smallest absolute Gasteiger partial charge is 0.208 e. The molecule has 0 bridgehead atoms. The molecule has 0 aliphatic carbocycles. The van der Waals surface area contributed by atoms with Crippen LogP contribution in [0.3, 0.4) is 0 Å². The number of piperazine rings is 1. The van der Waals surface area contributed by atoms with Gasteiger partial charge in [-0.3, -0.25) is 4.90 Å². The Kier molecular flexibility index (Phi) is 5.44. The molecule has 0 spiro atoms. The summed E-state index contributed by atoms with van der Waals surface area (Å²) in [5.74, 6) is 3.14. The molecule has 0 amide bonds. The van der Waals surface area contributed by atoms with Crippen LogP contribution in [-0.4, -0.2) is 35.1 Å². The molecule has 0 radical (unpaired) electrons. The van der Waals surface area contributed by atoms with Gasteiger partial charge in [0.2, 0.25) is 5.89 Å². The summed E-state index contributed by atoms with van der Waals surface area (Å²) in [6.07, 6.45) is 1.22. The monoisotopic (exact) mass is 293 g/mol. The van der Waals surface area contributed by atoms with E-state index in [1.54, 1.807) is 0 Å². The van der Waals surface area contributed by atoms with Crippen LogP contribution in [0.4, 0.5) is 0 Å². The molecular weight excluding hydrogens is 262 g/mol. The Morgan fingerprint density at radius 2 is 2.05 bits per heavy atom. The molecule has 3 unspecified atom stereocenters. The van der Waals surface area contributed by atoms with Crippen molar-refractivity contribution in [3.8, 4) is 0 Å². The number of oxazole rings is 1. The highest BCUT2D eigenvalue weighted by atomic mass is 16.4. The average molecular weight is 293 g/mol. The molecule has 1 aliphatic rings. The van der Waals surface area contributed by atoms with E-state index in [4.69, 9.17) is 4.42 Å². The van der Waals surface area contributed by atoms with Crippen molar-refractivity contribution in [3.05, 3.63) is 17.3 Å². The zero-order valence-corrected chi connectivity index (χ0v) is 14.4. The Labute approximate surface area is 129 Å². The second-order valence-corrected chi connectivity index (χ2v) is 6.89. The molecule has 1 N–H and O–H groups in total. The summed E-state index contributed by atoms with van der Waals surface area (Å²) in [5, 5.41) is 3.74. The van der Waals surface area contributed by atoms with Crippen LogP contribution < -0.4 is 5.32 Å². The molecule has 2 heterocycles. The van der Waals surface area contributed by atoms with E-state index in [0.717, 1.165) is 37.0 Å². The maximum Gasteiger partial charge on any atom is 0.208 e. The molecule has 1 saturated heterocycles. The van der Waals surface area contributed by atoms with Crippen LogP contribution in [-0.2, 0) is 6.54 Å². The van der Waals surface area contributed by atoms with E-state index < -0.39 is 0 Å². The van der Waals surface area contributed by atoms with Crippen LogP contribution in [0.25, 0.3) is 0 Å². The summed E-state index contributed by atoms with van der Waals surface area (Å²) in [7, 11) is 0. The molecule has 1 aromatic heterocycles. The zero-order chi connectivity index (χ0) is 15.6. The molecule has 1 fully saturated rings. The van der Waals surface area contributed by atoms with E-state index in [2.05, 4.69) is 42.9 Å². The van der Waals surface area contributed by atoms with Crippen molar-refractivity contribution in [2.45, 2.75) is 66.6 Å². The molecule has 1 aliphatic heterocycles. The number of nitrogens with zero attached hydrogens (tertiary/aromatic N) is 2. The minimum absolute atomic E-state index is 0.554. The molecular formula is C17H31N3O. The van der Waals surface area contributed by atoms with Crippen LogP contribution >= 0.6 is 0 Å². The predicted molar refractivity (Wildman–Crippen MR) is 86.3 cm³/mol. The number of aromatic nitrogens is 1. The lowest BCUT2D eigenvalue weighted by Crippen LogP contribution is -2.59. The standard InChI is InChI=1S/C17H31N3O/c1-7-12(4)15-9-20(16(8-18-15)11(2)3)10-17-19-13(5)14(6)21-17/h11-12,15-16,18H,7-10H2,1-6H3. The fraction of sp³-hybridized carbons (Fsp3) is 0.824. The lowest BCUT2D eigenvalue weighted by atomic mass is 9.92. The molecule has 2 rings (SSSR count). The Balaban J connectivity index is 2.10. The highest BCUT2D eigenvalue weighted by molar-refractivity contribution is 5.05. The summed E-state index contributed by atoms with van der Waals surface area (Å²) < 4.78 is 5.79. The number of rotatable bonds is 5. The lowest BCUT2D eigenvalue weighted by molar-refractivity contribution is 0.0674. The van der Waals surface area contributed by atoms with Crippen molar-refractivity contribution in [1.29, 1.82) is 0 Å². The topological polar surface area (TPSA) is 41.3 Å². The Hall–Kier alpha value is -0.870. The van der Waals surface area contributed by atoms with Gasteiger partial charge in [-0.15, -0.1) is 0 Å². The summed E-state index contributed by atoms with van der Waals surface area (Å²) >= 11 is 0. The summed E-state index contributed by atoms with van der Waals surface area (Å²) in [6.45, 7) is 16.2. The molecule has 4 nitrogen and oxygen atoms in total. The van der Waals surface area contributed by atoms with Crippen molar-refractivity contribution < 1.29 is 4.42 Å². The SMILES string of the molecule is CCC(C)C1CN(Cc2nc(C)c(C)o2)C(C(C)C)CN1. The van der Waals surface area contributed by atoms with E-state index in [1.165, 1.54) is 6.42 Å². The van der Waals surface area contributed by atoms with Gasteiger partial charge in [0.15, 0.2) is 0 Å². The van der Waals surface area contributed by atoms with Gasteiger partial charge in [-0.05, 0) is 25.7 Å². The van der Waals surface area contributed by atoms with E-state index in [0.29, 0.717) is 23.9 Å². The Morgan fingerprint density at radius 1 is 1.33 bits per heavy atom. The Morgan fingerprint density at radius 3 is 2.57 bits per heavy atom. The molecule has 4 heteroatoms. The Bertz CT molecular complexity index is 435. The minimum atomic E-state index is 0.554. The maximum atomic E-state index is 5.79. The fourth-order valence-corrected chi connectivity index (χ4v) is 3.14. The van der Waals surface area contributed by atoms with E-state index in [-0.39, 0.29) is 0 Å². The highest BCUT2D eigenvalue weighted by Gasteiger charge is 2.32. The molecule has 0 saturated carbocycles. The third-order valence-electron chi connectivity index (χ3n) is 5.00. The maximum absolute atomic E-state index is 5.79. The van der Waals surface area contributed by atoms with Gasteiger partial charge in [0, 0.05) is 25.2 Å². The number of aryl methyl sites for hydroxylation is 2. The first kappa shape index (κ1) is 16.5. The van der Waals surface area contributed by atoms with Gasteiger partial charge < -0.3 is 9.73 Å². The second-order valence-electron chi connectivity index (χ2n) is 6.89. The fourth-order valence-electron chi connectivity index (χ4n) is 3.14. The molecule has 1 aromatic rings. The predicted octanol–water partition coefficient (Wildman–Crippen LogP) is 3.14. The zero-order valence-electron chi connectivity index (χ0n) is 14.4.